The third kappa shape index (κ3) is 7.79. The van der Waals surface area contributed by atoms with Crippen molar-refractivity contribution in [2.75, 3.05) is 31.9 Å². The number of nitrogens with one attached hydrogen (secondary N) is 1. The van der Waals surface area contributed by atoms with E-state index in [1.165, 1.54) is 0 Å². The lowest BCUT2D eigenvalue weighted by Crippen LogP contribution is -2.13. The quantitative estimate of drug-likeness (QED) is 0.282. The van der Waals surface area contributed by atoms with Crippen LogP contribution in [0.3, 0.4) is 0 Å². The van der Waals surface area contributed by atoms with Gasteiger partial charge in [-0.15, -0.1) is 0 Å². The third-order valence-corrected chi connectivity index (χ3v) is 5.50. The number of carbonyl (C=O) groups excluding carboxylic acids is 2. The molecule has 1 unspecified atom stereocenters. The molecule has 0 spiro atoms. The number of aryl methyl sites for hydroxylation is 1. The van der Waals surface area contributed by atoms with Crippen molar-refractivity contribution in [3.05, 3.63) is 53.4 Å². The zero-order chi connectivity index (χ0) is 25.9. The average molecular weight is 500 g/mol. The Morgan fingerprint density at radius 3 is 2.67 bits per heavy atom. The fraction of sp³-hybridized carbons (Fsp3) is 0.423. The number of hydrogen-bond acceptors (Lipinski definition) is 9. The van der Waals surface area contributed by atoms with Crippen LogP contribution in [-0.4, -0.2) is 48.5 Å². The van der Waals surface area contributed by atoms with E-state index in [2.05, 4.69) is 17.2 Å². The fourth-order valence-electron chi connectivity index (χ4n) is 3.76. The van der Waals surface area contributed by atoms with Crippen molar-refractivity contribution in [3.63, 3.8) is 0 Å². The van der Waals surface area contributed by atoms with Gasteiger partial charge in [0.15, 0.2) is 23.1 Å². The zero-order valence-corrected chi connectivity index (χ0v) is 20.6. The molecule has 10 heteroatoms. The van der Waals surface area contributed by atoms with Crippen LogP contribution in [-0.2, 0) is 20.7 Å². The first kappa shape index (κ1) is 26.7. The molecule has 10 nitrogen and oxygen atoms in total. The summed E-state index contributed by atoms with van der Waals surface area (Å²) in [6.07, 6.45) is 3.09. The second-order valence-electron chi connectivity index (χ2n) is 8.19. The summed E-state index contributed by atoms with van der Waals surface area (Å²) in [6, 6.07) is 9.30. The van der Waals surface area contributed by atoms with Gasteiger partial charge in [-0.2, -0.15) is 0 Å². The molecule has 4 N–H and O–H groups in total. The average Bonchev–Trinajstić information content (AvgIpc) is 3.19. The summed E-state index contributed by atoms with van der Waals surface area (Å²) in [7, 11) is 0. The predicted octanol–water partition coefficient (Wildman–Crippen LogP) is 3.61. The van der Waals surface area contributed by atoms with E-state index in [-0.39, 0.29) is 43.9 Å². The summed E-state index contributed by atoms with van der Waals surface area (Å²) in [5, 5.41) is 13.1. The van der Waals surface area contributed by atoms with Gasteiger partial charge in [-0.3, -0.25) is 9.59 Å². The molecule has 1 amide bonds. The van der Waals surface area contributed by atoms with E-state index >= 15 is 0 Å². The van der Waals surface area contributed by atoms with Gasteiger partial charge >= 0.3 is 5.97 Å². The van der Waals surface area contributed by atoms with Crippen molar-refractivity contribution in [1.29, 1.82) is 0 Å². The number of aromatic nitrogens is 1. The van der Waals surface area contributed by atoms with Crippen LogP contribution in [0.15, 0.2) is 42.2 Å². The number of amides is 1. The van der Waals surface area contributed by atoms with Gasteiger partial charge in [0.1, 0.15) is 0 Å². The smallest absolute Gasteiger partial charge is 0.306 e. The number of aliphatic hydroxyl groups is 1. The van der Waals surface area contributed by atoms with Crippen molar-refractivity contribution >= 4 is 17.7 Å². The molecule has 1 atom stereocenters. The number of hydrogen-bond donors (Lipinski definition) is 3. The molecular weight excluding hydrogens is 466 g/mol. The Balaban J connectivity index is 0.000000233. The van der Waals surface area contributed by atoms with Gasteiger partial charge in [-0.1, -0.05) is 13.0 Å². The number of esters is 1. The number of pyridine rings is 1. The number of ether oxygens (including phenoxy) is 4. The Morgan fingerprint density at radius 1 is 1.14 bits per heavy atom. The zero-order valence-electron chi connectivity index (χ0n) is 20.6. The fourth-order valence-corrected chi connectivity index (χ4v) is 3.76. The molecule has 36 heavy (non-hydrogen) atoms. The lowest BCUT2D eigenvalue weighted by molar-refractivity contribution is -0.143. The standard InChI is InChI=1S/C16H19NO6.C10H14N2O/c1-2-21-16(20)7-11(5-12(18)8-15(17)19)10-3-4-13-14(6-10)23-9-22-13;1-2-8-4-5-9-10(12-8)11-6-3-7-13-9/h3-4,6,8,11,18H,2,5,7,9H2,1H3,(H2,17,19);4-5H,2-3,6-7H2,1H3,(H,11,12)/b12-8-;. The van der Waals surface area contributed by atoms with Gasteiger partial charge in [0, 0.05) is 30.7 Å². The molecule has 0 saturated carbocycles. The number of rotatable bonds is 8. The van der Waals surface area contributed by atoms with Crippen LogP contribution in [0.25, 0.3) is 0 Å². The van der Waals surface area contributed by atoms with Gasteiger partial charge in [0.2, 0.25) is 12.7 Å². The van der Waals surface area contributed by atoms with Crippen LogP contribution in [0, 0.1) is 0 Å². The molecule has 1 aromatic heterocycles. The van der Waals surface area contributed by atoms with Crippen LogP contribution in [0.4, 0.5) is 5.82 Å². The van der Waals surface area contributed by atoms with Crippen molar-refractivity contribution in [2.24, 2.45) is 5.73 Å². The van der Waals surface area contributed by atoms with Crippen LogP contribution in [0.5, 0.6) is 17.2 Å². The summed E-state index contributed by atoms with van der Waals surface area (Å²) in [6.45, 7) is 5.98. The van der Waals surface area contributed by atoms with E-state index in [9.17, 15) is 14.7 Å². The largest absolute Gasteiger partial charge is 0.512 e. The Bertz CT molecular complexity index is 1090. The Hall–Kier alpha value is -3.95. The molecule has 1 aromatic carbocycles. The summed E-state index contributed by atoms with van der Waals surface area (Å²) in [4.78, 5) is 27.1. The van der Waals surface area contributed by atoms with Gasteiger partial charge < -0.3 is 35.1 Å². The number of anilines is 1. The SMILES string of the molecule is CCOC(=O)CC(C/C(O)=C/C(N)=O)c1ccc2c(c1)OCO2.CCc1ccc2c(n1)NCCCO2. The summed E-state index contributed by atoms with van der Waals surface area (Å²) < 4.78 is 21.1. The van der Waals surface area contributed by atoms with Crippen LogP contribution in [0.1, 0.15) is 50.3 Å². The number of nitrogens with two attached hydrogens (primary N) is 1. The lowest BCUT2D eigenvalue weighted by Gasteiger charge is -2.16. The van der Waals surface area contributed by atoms with Crippen molar-refractivity contribution in [3.8, 4) is 17.2 Å². The van der Waals surface area contributed by atoms with E-state index < -0.39 is 5.91 Å². The van der Waals surface area contributed by atoms with Crippen molar-refractivity contribution < 1.29 is 33.6 Å². The molecule has 0 radical (unpaired) electrons. The van der Waals surface area contributed by atoms with Gasteiger partial charge in [0.05, 0.1) is 25.4 Å². The first-order valence-corrected chi connectivity index (χ1v) is 12.0. The molecule has 0 aliphatic carbocycles. The Labute approximate surface area is 210 Å². The van der Waals surface area contributed by atoms with Crippen LogP contribution in [0.2, 0.25) is 0 Å². The van der Waals surface area contributed by atoms with E-state index in [1.807, 2.05) is 12.1 Å². The maximum Gasteiger partial charge on any atom is 0.306 e. The molecule has 0 fully saturated rings. The normalized spacial score (nSPS) is 14.7. The number of primary amides is 1. The maximum atomic E-state index is 11.8. The van der Waals surface area contributed by atoms with E-state index in [0.29, 0.717) is 11.5 Å². The highest BCUT2D eigenvalue weighted by molar-refractivity contribution is 5.86. The summed E-state index contributed by atoms with van der Waals surface area (Å²) >= 11 is 0. The number of fused-ring (bicyclic) bond motifs is 2. The summed E-state index contributed by atoms with van der Waals surface area (Å²) in [5.74, 6) is 1.29. The summed E-state index contributed by atoms with van der Waals surface area (Å²) in [5.41, 5.74) is 6.91. The van der Waals surface area contributed by atoms with Crippen LogP contribution >= 0.6 is 0 Å². The molecular formula is C26H33N3O7. The first-order valence-electron chi connectivity index (χ1n) is 12.0. The Kier molecular flexibility index (Phi) is 9.79. The molecule has 2 aliphatic heterocycles. The number of allylic oxidation sites excluding steroid dienone is 1. The molecule has 3 heterocycles. The van der Waals surface area contributed by atoms with Gasteiger partial charge in [0.25, 0.3) is 0 Å². The minimum Gasteiger partial charge on any atom is -0.512 e. The van der Waals surface area contributed by atoms with Crippen molar-refractivity contribution in [1.82, 2.24) is 4.98 Å². The lowest BCUT2D eigenvalue weighted by atomic mass is 9.91. The number of benzene rings is 1. The first-order chi connectivity index (χ1) is 17.4. The topological polar surface area (TPSA) is 142 Å². The second kappa shape index (κ2) is 13.2. The molecule has 4 rings (SSSR count). The maximum absolute atomic E-state index is 11.8. The molecule has 2 aliphatic rings. The minimum atomic E-state index is -0.747. The second-order valence-corrected chi connectivity index (χ2v) is 8.19. The van der Waals surface area contributed by atoms with E-state index in [0.717, 1.165) is 54.9 Å². The monoisotopic (exact) mass is 499 g/mol. The highest BCUT2D eigenvalue weighted by Gasteiger charge is 2.22. The minimum absolute atomic E-state index is 0.0597. The molecule has 194 valence electrons. The van der Waals surface area contributed by atoms with Gasteiger partial charge in [-0.05, 0) is 49.6 Å². The van der Waals surface area contributed by atoms with Crippen molar-refractivity contribution in [2.45, 2.75) is 45.4 Å². The predicted molar refractivity (Wildman–Crippen MR) is 133 cm³/mol. The highest BCUT2D eigenvalue weighted by Crippen LogP contribution is 2.37. The van der Waals surface area contributed by atoms with Crippen LogP contribution < -0.4 is 25.3 Å². The number of carbonyl (C=O) groups is 2. The number of nitrogens with zero attached hydrogens (tertiary/aromatic N) is 1. The van der Waals surface area contributed by atoms with Gasteiger partial charge in [-0.25, -0.2) is 4.98 Å². The highest BCUT2D eigenvalue weighted by atomic mass is 16.7. The Morgan fingerprint density at radius 2 is 1.92 bits per heavy atom. The van der Waals surface area contributed by atoms with E-state index in [1.54, 1.807) is 25.1 Å². The molecule has 0 bridgehead atoms. The molecule has 0 saturated heterocycles. The third-order valence-electron chi connectivity index (χ3n) is 5.50. The van der Waals surface area contributed by atoms with E-state index in [4.69, 9.17) is 24.7 Å². The number of aliphatic hydroxyl groups excluding tert-OH is 1. The molecule has 2 aromatic rings.